The zero-order valence-electron chi connectivity index (χ0n) is 15.8. The number of hydrogen-bond acceptors (Lipinski definition) is 5. The van der Waals surface area contributed by atoms with Gasteiger partial charge in [0.2, 0.25) is 5.91 Å². The molecule has 1 unspecified atom stereocenters. The van der Waals surface area contributed by atoms with Gasteiger partial charge in [-0.25, -0.2) is 0 Å². The number of anilines is 1. The van der Waals surface area contributed by atoms with Gasteiger partial charge in [-0.1, -0.05) is 30.3 Å². The Labute approximate surface area is 163 Å². The average molecular weight is 378 g/mol. The van der Waals surface area contributed by atoms with Crippen LogP contribution in [0.5, 0.6) is 0 Å². The number of hydrazone groups is 1. The Bertz CT molecular complexity index is 940. The Balaban J connectivity index is 1.78. The van der Waals surface area contributed by atoms with Gasteiger partial charge < -0.3 is 10.6 Å². The molecule has 0 fully saturated rings. The summed E-state index contributed by atoms with van der Waals surface area (Å²) in [5.41, 5.74) is 7.59. The van der Waals surface area contributed by atoms with E-state index in [-0.39, 0.29) is 18.1 Å². The highest BCUT2D eigenvalue weighted by atomic mass is 16.2. The van der Waals surface area contributed by atoms with Crippen LogP contribution in [0.4, 0.5) is 5.69 Å². The number of para-hydroxylation sites is 1. The molecule has 7 nitrogen and oxygen atoms in total. The minimum absolute atomic E-state index is 0.0489. The van der Waals surface area contributed by atoms with E-state index in [4.69, 9.17) is 5.73 Å². The third-order valence-corrected chi connectivity index (χ3v) is 4.63. The number of ketones is 1. The van der Waals surface area contributed by atoms with E-state index in [9.17, 15) is 14.4 Å². The van der Waals surface area contributed by atoms with Crippen molar-refractivity contribution in [2.24, 2.45) is 10.8 Å². The SMILES string of the molecule is CC(=O)C1CC(C(=O)N(C)Cc2cccc(C(N)=O)c2)=NN1c1ccccc1. The van der Waals surface area contributed by atoms with Crippen LogP contribution in [0.3, 0.4) is 0 Å². The number of rotatable bonds is 6. The summed E-state index contributed by atoms with van der Waals surface area (Å²) in [5, 5.41) is 6.04. The van der Waals surface area contributed by atoms with E-state index in [0.29, 0.717) is 17.8 Å². The Morgan fingerprint density at radius 3 is 2.50 bits per heavy atom. The summed E-state index contributed by atoms with van der Waals surface area (Å²) in [6, 6.07) is 15.7. The molecular weight excluding hydrogens is 356 g/mol. The van der Waals surface area contributed by atoms with Gasteiger partial charge in [0.25, 0.3) is 5.91 Å². The predicted octanol–water partition coefficient (Wildman–Crippen LogP) is 1.97. The molecule has 0 saturated heterocycles. The Hall–Kier alpha value is -3.48. The largest absolute Gasteiger partial charge is 0.366 e. The molecule has 3 rings (SSSR count). The quantitative estimate of drug-likeness (QED) is 0.831. The average Bonchev–Trinajstić information content (AvgIpc) is 3.14. The molecule has 1 heterocycles. The standard InChI is InChI=1S/C21H22N4O3/c1-14(26)19-12-18(23-25(19)17-9-4-3-5-10-17)21(28)24(2)13-15-7-6-8-16(11-15)20(22)27/h3-11,19H,12-13H2,1-2H3,(H2,22,27). The first-order chi connectivity index (χ1) is 13.4. The summed E-state index contributed by atoms with van der Waals surface area (Å²) in [7, 11) is 1.66. The zero-order chi connectivity index (χ0) is 20.3. The van der Waals surface area contributed by atoms with Crippen molar-refractivity contribution in [1.82, 2.24) is 4.90 Å². The van der Waals surface area contributed by atoms with Crippen molar-refractivity contribution in [2.75, 3.05) is 12.1 Å². The van der Waals surface area contributed by atoms with E-state index in [0.717, 1.165) is 11.3 Å². The molecule has 0 bridgehead atoms. The highest BCUT2D eigenvalue weighted by molar-refractivity contribution is 6.40. The molecule has 1 atom stereocenters. The van der Waals surface area contributed by atoms with E-state index in [1.165, 1.54) is 11.8 Å². The molecule has 0 aliphatic carbocycles. The Morgan fingerprint density at radius 2 is 1.86 bits per heavy atom. The first-order valence-electron chi connectivity index (χ1n) is 8.93. The fraction of sp³-hybridized carbons (Fsp3) is 0.238. The van der Waals surface area contributed by atoms with Crippen molar-refractivity contribution in [2.45, 2.75) is 25.9 Å². The molecule has 2 aromatic carbocycles. The molecule has 0 spiro atoms. The molecule has 2 amide bonds. The fourth-order valence-corrected chi connectivity index (χ4v) is 3.16. The topological polar surface area (TPSA) is 96.1 Å². The van der Waals surface area contributed by atoms with Crippen LogP contribution >= 0.6 is 0 Å². The fourth-order valence-electron chi connectivity index (χ4n) is 3.16. The summed E-state index contributed by atoms with van der Waals surface area (Å²) in [4.78, 5) is 37.8. The maximum absolute atomic E-state index is 12.9. The summed E-state index contributed by atoms with van der Waals surface area (Å²) in [6.07, 6.45) is 0.259. The first kappa shape index (κ1) is 19.3. The Morgan fingerprint density at radius 1 is 1.14 bits per heavy atom. The monoisotopic (exact) mass is 378 g/mol. The highest BCUT2D eigenvalue weighted by Crippen LogP contribution is 2.25. The molecule has 7 heteroatoms. The number of amides is 2. The van der Waals surface area contributed by atoms with Crippen molar-refractivity contribution in [3.63, 3.8) is 0 Å². The molecule has 144 valence electrons. The highest BCUT2D eigenvalue weighted by Gasteiger charge is 2.35. The number of carbonyl (C=O) groups is 3. The second kappa shape index (κ2) is 8.04. The molecule has 2 N–H and O–H groups in total. The second-order valence-electron chi connectivity index (χ2n) is 6.78. The van der Waals surface area contributed by atoms with Gasteiger partial charge in [0.15, 0.2) is 5.78 Å². The van der Waals surface area contributed by atoms with Crippen LogP contribution < -0.4 is 10.7 Å². The van der Waals surface area contributed by atoms with Gasteiger partial charge in [0.1, 0.15) is 11.8 Å². The molecule has 2 aromatic rings. The summed E-state index contributed by atoms with van der Waals surface area (Å²) in [6.45, 7) is 1.80. The van der Waals surface area contributed by atoms with Crippen molar-refractivity contribution in [3.05, 3.63) is 65.7 Å². The smallest absolute Gasteiger partial charge is 0.270 e. The maximum Gasteiger partial charge on any atom is 0.270 e. The lowest BCUT2D eigenvalue weighted by molar-refractivity contribution is -0.123. The van der Waals surface area contributed by atoms with Gasteiger partial charge in [-0.05, 0) is 36.8 Å². The van der Waals surface area contributed by atoms with Gasteiger partial charge in [0, 0.05) is 25.6 Å². The summed E-state index contributed by atoms with van der Waals surface area (Å²) >= 11 is 0. The summed E-state index contributed by atoms with van der Waals surface area (Å²) < 4.78 is 0. The van der Waals surface area contributed by atoms with Gasteiger partial charge in [-0.15, -0.1) is 0 Å². The third-order valence-electron chi connectivity index (χ3n) is 4.63. The third kappa shape index (κ3) is 4.09. The van der Waals surface area contributed by atoms with Crippen LogP contribution in [-0.2, 0) is 16.1 Å². The lowest BCUT2D eigenvalue weighted by Gasteiger charge is -2.20. The number of benzene rings is 2. The number of carbonyl (C=O) groups excluding carboxylic acids is 3. The molecule has 1 aliphatic rings. The van der Waals surface area contributed by atoms with E-state index < -0.39 is 11.9 Å². The van der Waals surface area contributed by atoms with Gasteiger partial charge in [-0.2, -0.15) is 5.10 Å². The molecule has 28 heavy (non-hydrogen) atoms. The zero-order valence-corrected chi connectivity index (χ0v) is 15.8. The summed E-state index contributed by atoms with van der Waals surface area (Å²) in [5.74, 6) is -0.819. The van der Waals surface area contributed by atoms with Gasteiger partial charge >= 0.3 is 0 Å². The van der Waals surface area contributed by atoms with Crippen molar-refractivity contribution in [1.29, 1.82) is 0 Å². The van der Waals surface area contributed by atoms with Crippen LogP contribution in [0.1, 0.15) is 29.3 Å². The first-order valence-corrected chi connectivity index (χ1v) is 8.93. The van der Waals surface area contributed by atoms with Crippen LogP contribution in [0, 0.1) is 0 Å². The number of primary amides is 1. The molecular formula is C21H22N4O3. The van der Waals surface area contributed by atoms with Crippen molar-refractivity contribution in [3.8, 4) is 0 Å². The molecule has 0 radical (unpaired) electrons. The second-order valence-corrected chi connectivity index (χ2v) is 6.78. The number of Topliss-reactive ketones (excluding diaryl/α,β-unsaturated/α-hetero) is 1. The predicted molar refractivity (Wildman–Crippen MR) is 107 cm³/mol. The molecule has 0 saturated carbocycles. The van der Waals surface area contributed by atoms with Crippen LogP contribution in [-0.4, -0.2) is 41.3 Å². The molecule has 0 aromatic heterocycles. The van der Waals surface area contributed by atoms with Crippen molar-refractivity contribution >= 4 is 29.0 Å². The normalized spacial score (nSPS) is 15.9. The molecule has 1 aliphatic heterocycles. The van der Waals surface area contributed by atoms with Crippen molar-refractivity contribution < 1.29 is 14.4 Å². The minimum Gasteiger partial charge on any atom is -0.366 e. The van der Waals surface area contributed by atoms with Crippen LogP contribution in [0.25, 0.3) is 0 Å². The van der Waals surface area contributed by atoms with Gasteiger partial charge in [0.05, 0.1) is 5.69 Å². The number of hydrogen-bond donors (Lipinski definition) is 1. The minimum atomic E-state index is -0.515. The van der Waals surface area contributed by atoms with E-state index in [1.54, 1.807) is 30.3 Å². The van der Waals surface area contributed by atoms with Crippen LogP contribution in [0.2, 0.25) is 0 Å². The number of nitrogens with two attached hydrogens (primary N) is 1. The van der Waals surface area contributed by atoms with E-state index >= 15 is 0 Å². The Kier molecular flexibility index (Phi) is 5.54. The maximum atomic E-state index is 12.9. The van der Waals surface area contributed by atoms with Crippen LogP contribution in [0.15, 0.2) is 59.7 Å². The lowest BCUT2D eigenvalue weighted by atomic mass is 10.1. The van der Waals surface area contributed by atoms with E-state index in [2.05, 4.69) is 5.10 Å². The van der Waals surface area contributed by atoms with Gasteiger partial charge in [-0.3, -0.25) is 19.4 Å². The lowest BCUT2D eigenvalue weighted by Crippen LogP contribution is -2.35. The van der Waals surface area contributed by atoms with E-state index in [1.807, 2.05) is 36.4 Å². The number of nitrogens with zero attached hydrogens (tertiary/aromatic N) is 3.